The van der Waals surface area contributed by atoms with E-state index in [1.54, 1.807) is 6.26 Å². The topological polar surface area (TPSA) is 62.5 Å². The number of carbonyl (C=O) groups is 1. The zero-order valence-corrected chi connectivity index (χ0v) is 8.74. The molecule has 0 saturated heterocycles. The fourth-order valence-electron chi connectivity index (χ4n) is 1.27. The van der Waals surface area contributed by atoms with Crippen molar-refractivity contribution in [2.24, 2.45) is 0 Å². The number of hydrogen-bond donors (Lipinski definition) is 2. The van der Waals surface area contributed by atoms with Crippen LogP contribution in [-0.4, -0.2) is 24.2 Å². The van der Waals surface area contributed by atoms with Crippen molar-refractivity contribution >= 4 is 5.91 Å². The molecule has 4 heteroatoms. The molecule has 0 bridgehead atoms. The van der Waals surface area contributed by atoms with Gasteiger partial charge in [0.1, 0.15) is 5.76 Å². The smallest absolute Gasteiger partial charge is 0.220 e. The first-order valence-electron chi connectivity index (χ1n) is 5.23. The minimum absolute atomic E-state index is 0.0370. The summed E-state index contributed by atoms with van der Waals surface area (Å²) in [5, 5.41) is 11.3. The summed E-state index contributed by atoms with van der Waals surface area (Å²) in [6.45, 7) is 0.755. The van der Waals surface area contributed by atoms with Gasteiger partial charge in [-0.1, -0.05) is 0 Å². The number of rotatable bonds is 7. The van der Waals surface area contributed by atoms with Gasteiger partial charge in [-0.3, -0.25) is 4.79 Å². The summed E-state index contributed by atoms with van der Waals surface area (Å²) in [5.74, 6) is 0.917. The summed E-state index contributed by atoms with van der Waals surface area (Å²) in [6, 6.07) is 3.72. The van der Waals surface area contributed by atoms with Gasteiger partial charge in [-0.05, 0) is 25.0 Å². The number of carbonyl (C=O) groups excluding carboxylic acids is 1. The van der Waals surface area contributed by atoms with Crippen LogP contribution in [0.25, 0.3) is 0 Å². The van der Waals surface area contributed by atoms with E-state index >= 15 is 0 Å². The maximum atomic E-state index is 11.2. The fraction of sp³-hybridized carbons (Fsp3) is 0.545. The van der Waals surface area contributed by atoms with E-state index in [0.717, 1.165) is 18.6 Å². The third kappa shape index (κ3) is 5.22. The van der Waals surface area contributed by atoms with Crippen molar-refractivity contribution in [3.05, 3.63) is 24.2 Å². The monoisotopic (exact) mass is 211 g/mol. The maximum Gasteiger partial charge on any atom is 0.220 e. The molecule has 4 nitrogen and oxygen atoms in total. The van der Waals surface area contributed by atoms with Crippen molar-refractivity contribution in [3.63, 3.8) is 0 Å². The summed E-state index contributed by atoms with van der Waals surface area (Å²) in [7, 11) is 0. The van der Waals surface area contributed by atoms with Crippen molar-refractivity contribution in [3.8, 4) is 0 Å². The summed E-state index contributed by atoms with van der Waals surface area (Å²) >= 11 is 0. The van der Waals surface area contributed by atoms with Crippen molar-refractivity contribution in [2.45, 2.75) is 25.7 Å². The van der Waals surface area contributed by atoms with Crippen LogP contribution >= 0.6 is 0 Å². The highest BCUT2D eigenvalue weighted by molar-refractivity contribution is 5.75. The first-order chi connectivity index (χ1) is 7.33. The van der Waals surface area contributed by atoms with Gasteiger partial charge in [0.05, 0.1) is 6.26 Å². The second kappa shape index (κ2) is 7.06. The highest BCUT2D eigenvalue weighted by Crippen LogP contribution is 2.00. The Balaban J connectivity index is 2.02. The lowest BCUT2D eigenvalue weighted by Crippen LogP contribution is -2.25. The fourth-order valence-corrected chi connectivity index (χ4v) is 1.27. The van der Waals surface area contributed by atoms with Gasteiger partial charge in [0.25, 0.3) is 0 Å². The molecular weight excluding hydrogens is 194 g/mol. The van der Waals surface area contributed by atoms with Gasteiger partial charge in [0, 0.05) is 26.0 Å². The Morgan fingerprint density at radius 1 is 1.47 bits per heavy atom. The van der Waals surface area contributed by atoms with Crippen molar-refractivity contribution in [2.75, 3.05) is 13.2 Å². The first-order valence-corrected chi connectivity index (χ1v) is 5.23. The predicted octanol–water partition coefficient (Wildman–Crippen LogP) is 1.10. The lowest BCUT2D eigenvalue weighted by Gasteiger charge is -2.02. The molecular formula is C11H17NO3. The molecule has 0 aliphatic carbocycles. The van der Waals surface area contributed by atoms with Gasteiger partial charge in [0.15, 0.2) is 0 Å². The van der Waals surface area contributed by atoms with E-state index in [2.05, 4.69) is 5.32 Å². The molecule has 0 atom stereocenters. The molecule has 0 fully saturated rings. The largest absolute Gasteiger partial charge is 0.469 e. The normalized spacial score (nSPS) is 10.2. The molecule has 1 aromatic heterocycles. The van der Waals surface area contributed by atoms with Crippen LogP contribution in [0.15, 0.2) is 22.8 Å². The molecule has 0 aromatic carbocycles. The zero-order chi connectivity index (χ0) is 10.9. The molecule has 0 unspecified atom stereocenters. The Labute approximate surface area is 89.3 Å². The molecule has 1 heterocycles. The number of unbranched alkanes of at least 4 members (excludes halogenated alkanes) is 1. The van der Waals surface area contributed by atoms with Crippen LogP contribution in [0.5, 0.6) is 0 Å². The number of amides is 1. The molecule has 1 aromatic rings. The average molecular weight is 211 g/mol. The number of furan rings is 1. The second-order valence-electron chi connectivity index (χ2n) is 3.36. The zero-order valence-electron chi connectivity index (χ0n) is 8.74. The lowest BCUT2D eigenvalue weighted by atomic mass is 10.2. The van der Waals surface area contributed by atoms with Crippen LogP contribution in [0, 0.1) is 0 Å². The number of nitrogens with one attached hydrogen (secondary N) is 1. The first kappa shape index (κ1) is 11.8. The summed E-state index contributed by atoms with van der Waals surface area (Å²) < 4.78 is 5.13. The standard InChI is InChI=1S/C11H17NO3/c13-8-2-1-5-11(14)12-7-6-10-4-3-9-15-10/h3-4,9,13H,1-2,5-8H2,(H,12,14). The minimum atomic E-state index is 0.0370. The quantitative estimate of drug-likeness (QED) is 0.664. The van der Waals surface area contributed by atoms with Gasteiger partial charge >= 0.3 is 0 Å². The summed E-state index contributed by atoms with van der Waals surface area (Å²) in [5.41, 5.74) is 0. The Bertz CT molecular complexity index is 269. The van der Waals surface area contributed by atoms with Crippen LogP contribution in [0.4, 0.5) is 0 Å². The highest BCUT2D eigenvalue weighted by atomic mass is 16.3. The molecule has 0 saturated carbocycles. The Morgan fingerprint density at radius 3 is 3.00 bits per heavy atom. The highest BCUT2D eigenvalue weighted by Gasteiger charge is 2.01. The molecule has 0 spiro atoms. The van der Waals surface area contributed by atoms with Gasteiger partial charge in [0.2, 0.25) is 5.91 Å². The molecule has 1 amide bonds. The van der Waals surface area contributed by atoms with E-state index in [-0.39, 0.29) is 12.5 Å². The van der Waals surface area contributed by atoms with Crippen LogP contribution in [-0.2, 0) is 11.2 Å². The molecule has 15 heavy (non-hydrogen) atoms. The van der Waals surface area contributed by atoms with Crippen molar-refractivity contribution in [1.82, 2.24) is 5.32 Å². The van der Waals surface area contributed by atoms with Crippen LogP contribution in [0.1, 0.15) is 25.0 Å². The van der Waals surface area contributed by atoms with E-state index in [1.807, 2.05) is 12.1 Å². The predicted molar refractivity (Wildman–Crippen MR) is 56.4 cm³/mol. The molecule has 0 aliphatic rings. The Kier molecular flexibility index (Phi) is 5.55. The Hall–Kier alpha value is -1.29. The van der Waals surface area contributed by atoms with Gasteiger partial charge in [-0.2, -0.15) is 0 Å². The molecule has 0 aliphatic heterocycles. The van der Waals surface area contributed by atoms with Crippen LogP contribution in [0.3, 0.4) is 0 Å². The van der Waals surface area contributed by atoms with Gasteiger partial charge in [-0.25, -0.2) is 0 Å². The number of aliphatic hydroxyl groups excluding tert-OH is 1. The van der Waals surface area contributed by atoms with Crippen molar-refractivity contribution < 1.29 is 14.3 Å². The Morgan fingerprint density at radius 2 is 2.33 bits per heavy atom. The van der Waals surface area contributed by atoms with Gasteiger partial charge < -0.3 is 14.8 Å². The van der Waals surface area contributed by atoms with E-state index in [9.17, 15) is 4.79 Å². The van der Waals surface area contributed by atoms with E-state index in [4.69, 9.17) is 9.52 Å². The molecule has 1 rings (SSSR count). The second-order valence-corrected chi connectivity index (χ2v) is 3.36. The summed E-state index contributed by atoms with van der Waals surface area (Å²) in [6.07, 6.45) is 4.25. The molecule has 0 radical (unpaired) electrons. The third-order valence-corrected chi connectivity index (χ3v) is 2.09. The van der Waals surface area contributed by atoms with Crippen LogP contribution in [0.2, 0.25) is 0 Å². The van der Waals surface area contributed by atoms with Crippen LogP contribution < -0.4 is 5.32 Å². The molecule has 2 N–H and O–H groups in total. The number of aliphatic hydroxyl groups is 1. The van der Waals surface area contributed by atoms with E-state index in [1.165, 1.54) is 0 Å². The maximum absolute atomic E-state index is 11.2. The average Bonchev–Trinajstić information content (AvgIpc) is 2.71. The SMILES string of the molecule is O=C(CCCCO)NCCc1ccco1. The van der Waals surface area contributed by atoms with E-state index < -0.39 is 0 Å². The minimum Gasteiger partial charge on any atom is -0.469 e. The summed E-state index contributed by atoms with van der Waals surface area (Å²) in [4.78, 5) is 11.2. The third-order valence-electron chi connectivity index (χ3n) is 2.09. The van der Waals surface area contributed by atoms with Gasteiger partial charge in [-0.15, -0.1) is 0 Å². The van der Waals surface area contributed by atoms with E-state index in [0.29, 0.717) is 19.4 Å². The lowest BCUT2D eigenvalue weighted by molar-refractivity contribution is -0.121. The number of hydrogen-bond acceptors (Lipinski definition) is 3. The molecule has 84 valence electrons. The van der Waals surface area contributed by atoms with Crippen molar-refractivity contribution in [1.29, 1.82) is 0 Å².